The average molecular weight is 451 g/mol. The van der Waals surface area contributed by atoms with Crippen LogP contribution in [0.4, 0.5) is 0 Å². The van der Waals surface area contributed by atoms with Crippen molar-refractivity contribution in [3.05, 3.63) is 65.0 Å². The highest BCUT2D eigenvalue weighted by Crippen LogP contribution is 2.26. The summed E-state index contributed by atoms with van der Waals surface area (Å²) in [5, 5.41) is 4.96. The maximum absolute atomic E-state index is 12.7. The van der Waals surface area contributed by atoms with Gasteiger partial charge in [0.25, 0.3) is 0 Å². The van der Waals surface area contributed by atoms with Crippen molar-refractivity contribution < 1.29 is 9.53 Å². The number of fused-ring (bicyclic) bond motifs is 1. The maximum Gasteiger partial charge on any atom is 0.230 e. The van der Waals surface area contributed by atoms with E-state index >= 15 is 0 Å². The molecular formula is C25H30N4O2S. The Labute approximate surface area is 193 Å². The van der Waals surface area contributed by atoms with Gasteiger partial charge in [0.1, 0.15) is 10.9 Å². The van der Waals surface area contributed by atoms with Gasteiger partial charge in [-0.3, -0.25) is 9.69 Å². The van der Waals surface area contributed by atoms with Gasteiger partial charge in [-0.1, -0.05) is 48.2 Å². The van der Waals surface area contributed by atoms with Crippen molar-refractivity contribution in [2.75, 3.05) is 32.1 Å². The number of aromatic nitrogens is 2. The minimum Gasteiger partial charge on any atom is -0.379 e. The molecule has 0 bridgehead atoms. The fourth-order valence-electron chi connectivity index (χ4n) is 3.77. The summed E-state index contributed by atoms with van der Waals surface area (Å²) in [6, 6.07) is 14.3. The van der Waals surface area contributed by atoms with Gasteiger partial charge in [0.15, 0.2) is 0 Å². The molecule has 0 aliphatic carbocycles. The number of hydrogen-bond acceptors (Lipinski definition) is 6. The van der Waals surface area contributed by atoms with Crippen LogP contribution in [0.15, 0.2) is 47.5 Å². The van der Waals surface area contributed by atoms with Crippen molar-refractivity contribution in [3.8, 4) is 0 Å². The Morgan fingerprint density at radius 3 is 2.69 bits per heavy atom. The molecule has 4 rings (SSSR count). The zero-order valence-electron chi connectivity index (χ0n) is 18.9. The first-order chi connectivity index (χ1) is 15.5. The van der Waals surface area contributed by atoms with Gasteiger partial charge in [-0.15, -0.1) is 0 Å². The number of morpholine rings is 1. The highest BCUT2D eigenvalue weighted by molar-refractivity contribution is 8.00. The number of nitrogens with one attached hydrogen (secondary N) is 1. The van der Waals surface area contributed by atoms with Crippen molar-refractivity contribution in [2.24, 2.45) is 0 Å². The summed E-state index contributed by atoms with van der Waals surface area (Å²) in [4.78, 5) is 24.6. The molecule has 1 fully saturated rings. The van der Waals surface area contributed by atoms with Gasteiger partial charge in [0, 0.05) is 18.5 Å². The molecule has 2 aromatic carbocycles. The highest BCUT2D eigenvalue weighted by atomic mass is 32.2. The van der Waals surface area contributed by atoms with Gasteiger partial charge in [-0.05, 0) is 43.5 Å². The van der Waals surface area contributed by atoms with E-state index in [9.17, 15) is 4.79 Å². The van der Waals surface area contributed by atoms with Crippen molar-refractivity contribution in [2.45, 2.75) is 38.4 Å². The number of para-hydroxylation sites is 1. The van der Waals surface area contributed by atoms with E-state index in [1.165, 1.54) is 22.9 Å². The molecule has 1 aliphatic heterocycles. The summed E-state index contributed by atoms with van der Waals surface area (Å²) >= 11 is 1.47. The fourth-order valence-corrected chi connectivity index (χ4v) is 4.62. The van der Waals surface area contributed by atoms with Gasteiger partial charge < -0.3 is 10.1 Å². The van der Waals surface area contributed by atoms with Crippen molar-refractivity contribution >= 4 is 28.6 Å². The van der Waals surface area contributed by atoms with E-state index in [1.54, 1.807) is 0 Å². The highest BCUT2D eigenvalue weighted by Gasteiger charge is 2.16. The topological polar surface area (TPSA) is 67.4 Å². The fraction of sp³-hybridized carbons (Fsp3) is 0.400. The van der Waals surface area contributed by atoms with Crippen LogP contribution < -0.4 is 5.32 Å². The van der Waals surface area contributed by atoms with Crippen molar-refractivity contribution in [3.63, 3.8) is 0 Å². The van der Waals surface area contributed by atoms with Crippen LogP contribution in [0.5, 0.6) is 0 Å². The minimum absolute atomic E-state index is 0.00171. The number of benzene rings is 2. The number of nitrogens with zero attached hydrogens (tertiary/aromatic N) is 3. The number of ether oxygens (including phenoxy) is 1. The lowest BCUT2D eigenvalue weighted by Gasteiger charge is -2.25. The molecule has 6 nitrogen and oxygen atoms in total. The van der Waals surface area contributed by atoms with Gasteiger partial charge in [-0.25, -0.2) is 9.97 Å². The van der Waals surface area contributed by atoms with Crippen LogP contribution in [0.1, 0.15) is 35.5 Å². The molecule has 168 valence electrons. The first-order valence-electron chi connectivity index (χ1n) is 11.0. The molecule has 1 saturated heterocycles. The standard InChI is InChI=1S/C25H30N4O2S/c1-17-8-9-20(14-18(17)2)19(3)26-24(30)16-32-25-21-6-4-5-7-22(21)27-23(28-25)15-29-10-12-31-13-11-29/h4-9,14,19H,10-13,15-16H2,1-3H3,(H,26,30). The molecule has 1 N–H and O–H groups in total. The monoisotopic (exact) mass is 450 g/mol. The lowest BCUT2D eigenvalue weighted by Crippen LogP contribution is -2.36. The Bertz CT molecular complexity index is 1100. The maximum atomic E-state index is 12.7. The Morgan fingerprint density at radius 2 is 1.91 bits per heavy atom. The van der Waals surface area contributed by atoms with Gasteiger partial charge >= 0.3 is 0 Å². The normalized spacial score (nSPS) is 15.6. The number of carbonyl (C=O) groups is 1. The smallest absolute Gasteiger partial charge is 0.230 e. The predicted octanol–water partition coefficient (Wildman–Crippen LogP) is 4.05. The Hall–Kier alpha value is -2.48. The van der Waals surface area contributed by atoms with E-state index in [0.29, 0.717) is 12.3 Å². The Kier molecular flexibility index (Phi) is 7.40. The predicted molar refractivity (Wildman–Crippen MR) is 129 cm³/mol. The molecular weight excluding hydrogens is 420 g/mol. The Morgan fingerprint density at radius 1 is 1.12 bits per heavy atom. The summed E-state index contributed by atoms with van der Waals surface area (Å²) in [6.45, 7) is 10.2. The van der Waals surface area contributed by atoms with E-state index in [0.717, 1.165) is 53.6 Å². The molecule has 3 aromatic rings. The first kappa shape index (κ1) is 22.7. The van der Waals surface area contributed by atoms with Gasteiger partial charge in [-0.2, -0.15) is 0 Å². The molecule has 1 aromatic heterocycles. The van der Waals surface area contributed by atoms with E-state index in [-0.39, 0.29) is 11.9 Å². The third-order valence-corrected chi connectivity index (χ3v) is 6.82. The third-order valence-electron chi connectivity index (χ3n) is 5.83. The molecule has 2 heterocycles. The molecule has 0 radical (unpaired) electrons. The van der Waals surface area contributed by atoms with Gasteiger partial charge in [0.05, 0.1) is 37.1 Å². The molecule has 1 amide bonds. The van der Waals surface area contributed by atoms with E-state index in [4.69, 9.17) is 14.7 Å². The van der Waals surface area contributed by atoms with Crippen LogP contribution in [-0.4, -0.2) is 52.8 Å². The van der Waals surface area contributed by atoms with Gasteiger partial charge in [0.2, 0.25) is 5.91 Å². The quantitative estimate of drug-likeness (QED) is 0.433. The van der Waals surface area contributed by atoms with Crippen molar-refractivity contribution in [1.29, 1.82) is 0 Å². The molecule has 0 spiro atoms. The number of thioether (sulfide) groups is 1. The average Bonchev–Trinajstić information content (AvgIpc) is 2.80. The summed E-state index contributed by atoms with van der Waals surface area (Å²) in [5.74, 6) is 1.10. The second-order valence-electron chi connectivity index (χ2n) is 8.27. The minimum atomic E-state index is -0.0403. The van der Waals surface area contributed by atoms with Crippen LogP contribution in [0.2, 0.25) is 0 Å². The SMILES string of the molecule is Cc1ccc(C(C)NC(=O)CSc2nc(CN3CCOCC3)nc3ccccc23)cc1C. The largest absolute Gasteiger partial charge is 0.379 e. The van der Waals surface area contributed by atoms with E-state index in [2.05, 4.69) is 42.3 Å². The first-order valence-corrected chi connectivity index (χ1v) is 12.0. The summed E-state index contributed by atoms with van der Waals surface area (Å²) in [6.07, 6.45) is 0. The van der Waals surface area contributed by atoms with Crippen LogP contribution in [0, 0.1) is 13.8 Å². The molecule has 1 unspecified atom stereocenters. The summed E-state index contributed by atoms with van der Waals surface area (Å²) < 4.78 is 5.44. The third kappa shape index (κ3) is 5.65. The Balaban J connectivity index is 1.44. The number of aryl methyl sites for hydroxylation is 2. The summed E-state index contributed by atoms with van der Waals surface area (Å²) in [5.41, 5.74) is 4.52. The zero-order valence-corrected chi connectivity index (χ0v) is 19.7. The van der Waals surface area contributed by atoms with Crippen LogP contribution in [0.25, 0.3) is 10.9 Å². The lowest BCUT2D eigenvalue weighted by molar-refractivity contribution is -0.119. The second kappa shape index (κ2) is 10.4. The molecule has 7 heteroatoms. The number of amides is 1. The van der Waals surface area contributed by atoms with Crippen LogP contribution >= 0.6 is 11.8 Å². The number of rotatable bonds is 7. The molecule has 32 heavy (non-hydrogen) atoms. The van der Waals surface area contributed by atoms with E-state index in [1.807, 2.05) is 31.2 Å². The number of carbonyl (C=O) groups excluding carboxylic acids is 1. The molecule has 1 atom stereocenters. The van der Waals surface area contributed by atoms with Crippen LogP contribution in [0.3, 0.4) is 0 Å². The van der Waals surface area contributed by atoms with Crippen LogP contribution in [-0.2, 0) is 16.1 Å². The molecule has 0 saturated carbocycles. The second-order valence-corrected chi connectivity index (χ2v) is 9.24. The summed E-state index contributed by atoms with van der Waals surface area (Å²) in [7, 11) is 0. The zero-order chi connectivity index (χ0) is 22.5. The van der Waals surface area contributed by atoms with Crippen molar-refractivity contribution in [1.82, 2.24) is 20.2 Å². The molecule has 1 aliphatic rings. The number of hydrogen-bond donors (Lipinski definition) is 1. The lowest BCUT2D eigenvalue weighted by atomic mass is 10.0. The van der Waals surface area contributed by atoms with E-state index < -0.39 is 0 Å².